The van der Waals surface area contributed by atoms with Crippen molar-refractivity contribution in [2.75, 3.05) is 18.5 Å². The first kappa shape index (κ1) is 14.3. The van der Waals surface area contributed by atoms with E-state index in [2.05, 4.69) is 10.6 Å². The van der Waals surface area contributed by atoms with Gasteiger partial charge in [0.2, 0.25) is 0 Å². The number of carboxylic acids is 1. The van der Waals surface area contributed by atoms with Gasteiger partial charge in [-0.05, 0) is 43.5 Å². The molecule has 0 aromatic heterocycles. The van der Waals surface area contributed by atoms with Gasteiger partial charge in [0.05, 0.1) is 18.2 Å². The van der Waals surface area contributed by atoms with Crippen LogP contribution in [-0.2, 0) is 4.74 Å². The molecule has 2 rings (SSSR count). The van der Waals surface area contributed by atoms with Crippen LogP contribution in [0, 0.1) is 13.8 Å². The van der Waals surface area contributed by atoms with E-state index in [1.54, 1.807) is 13.0 Å². The molecule has 0 radical (unpaired) electrons. The largest absolute Gasteiger partial charge is 0.478 e. The predicted molar refractivity (Wildman–Crippen MR) is 74.3 cm³/mol. The van der Waals surface area contributed by atoms with Crippen molar-refractivity contribution >= 4 is 17.7 Å². The van der Waals surface area contributed by atoms with Gasteiger partial charge in [0, 0.05) is 12.3 Å². The van der Waals surface area contributed by atoms with Crippen LogP contribution in [0.3, 0.4) is 0 Å². The van der Waals surface area contributed by atoms with Crippen molar-refractivity contribution < 1.29 is 19.4 Å². The van der Waals surface area contributed by atoms with Crippen molar-refractivity contribution in [1.82, 2.24) is 5.32 Å². The van der Waals surface area contributed by atoms with Crippen LogP contribution in [0.5, 0.6) is 0 Å². The SMILES string of the molecule is Cc1cc(NC(=O)NC2CCOC2)cc(C(=O)O)c1C. The second kappa shape index (κ2) is 5.92. The average molecular weight is 278 g/mol. The molecule has 108 valence electrons. The average Bonchev–Trinajstić information content (AvgIpc) is 2.85. The first-order valence-corrected chi connectivity index (χ1v) is 6.47. The van der Waals surface area contributed by atoms with Gasteiger partial charge in [-0.15, -0.1) is 0 Å². The fraction of sp³-hybridized carbons (Fsp3) is 0.429. The van der Waals surface area contributed by atoms with Gasteiger partial charge in [-0.2, -0.15) is 0 Å². The number of urea groups is 1. The molecule has 1 saturated heterocycles. The van der Waals surface area contributed by atoms with Crippen molar-refractivity contribution in [3.8, 4) is 0 Å². The Morgan fingerprint density at radius 2 is 2.10 bits per heavy atom. The Labute approximate surface area is 117 Å². The Balaban J connectivity index is 2.08. The summed E-state index contributed by atoms with van der Waals surface area (Å²) in [6.07, 6.45) is 0.792. The second-order valence-electron chi connectivity index (χ2n) is 4.93. The van der Waals surface area contributed by atoms with Gasteiger partial charge < -0.3 is 20.5 Å². The molecule has 1 aromatic carbocycles. The summed E-state index contributed by atoms with van der Waals surface area (Å²) in [5.74, 6) is -1.00. The van der Waals surface area contributed by atoms with Crippen LogP contribution in [0.1, 0.15) is 27.9 Å². The molecule has 0 aliphatic carbocycles. The highest BCUT2D eigenvalue weighted by Gasteiger charge is 2.18. The van der Waals surface area contributed by atoms with Gasteiger partial charge in [0.25, 0.3) is 0 Å². The lowest BCUT2D eigenvalue weighted by Gasteiger charge is -2.14. The zero-order valence-corrected chi connectivity index (χ0v) is 11.5. The molecule has 1 fully saturated rings. The van der Waals surface area contributed by atoms with Crippen LogP contribution >= 0.6 is 0 Å². The molecule has 6 heteroatoms. The number of rotatable bonds is 3. The van der Waals surface area contributed by atoms with E-state index in [0.717, 1.165) is 12.0 Å². The molecule has 1 heterocycles. The molecule has 3 N–H and O–H groups in total. The summed E-state index contributed by atoms with van der Waals surface area (Å²) < 4.78 is 5.17. The summed E-state index contributed by atoms with van der Waals surface area (Å²) in [5, 5.41) is 14.6. The number of anilines is 1. The zero-order valence-electron chi connectivity index (χ0n) is 11.5. The van der Waals surface area contributed by atoms with Gasteiger partial charge >= 0.3 is 12.0 Å². The third-order valence-corrected chi connectivity index (χ3v) is 3.42. The van der Waals surface area contributed by atoms with Crippen LogP contribution in [0.2, 0.25) is 0 Å². The lowest BCUT2D eigenvalue weighted by Crippen LogP contribution is -2.38. The molecular weight excluding hydrogens is 260 g/mol. The molecule has 0 saturated carbocycles. The molecule has 1 aliphatic heterocycles. The number of ether oxygens (including phenoxy) is 1. The minimum absolute atomic E-state index is 0.0143. The summed E-state index contributed by atoms with van der Waals surface area (Å²) in [6, 6.07) is 2.89. The lowest BCUT2D eigenvalue weighted by molar-refractivity contribution is 0.0696. The topological polar surface area (TPSA) is 87.7 Å². The van der Waals surface area contributed by atoms with Crippen LogP contribution < -0.4 is 10.6 Å². The molecule has 1 aliphatic rings. The normalized spacial score (nSPS) is 17.8. The number of hydrogen-bond acceptors (Lipinski definition) is 3. The summed E-state index contributed by atoms with van der Waals surface area (Å²) in [4.78, 5) is 23.0. The van der Waals surface area contributed by atoms with Gasteiger partial charge in [-0.1, -0.05) is 0 Å². The molecule has 6 nitrogen and oxygen atoms in total. The lowest BCUT2D eigenvalue weighted by atomic mass is 10.0. The van der Waals surface area contributed by atoms with E-state index in [1.807, 2.05) is 6.92 Å². The molecular formula is C14H18N2O4. The number of amides is 2. The highest BCUT2D eigenvalue weighted by Crippen LogP contribution is 2.20. The number of aromatic carboxylic acids is 1. The number of carbonyl (C=O) groups excluding carboxylic acids is 1. The maximum Gasteiger partial charge on any atom is 0.336 e. The van der Waals surface area contributed by atoms with Crippen molar-refractivity contribution in [3.63, 3.8) is 0 Å². The van der Waals surface area contributed by atoms with E-state index < -0.39 is 5.97 Å². The van der Waals surface area contributed by atoms with E-state index in [0.29, 0.717) is 24.5 Å². The highest BCUT2D eigenvalue weighted by molar-refractivity contribution is 5.94. The minimum atomic E-state index is -1.00. The number of hydrogen-bond donors (Lipinski definition) is 3. The molecule has 20 heavy (non-hydrogen) atoms. The Bertz CT molecular complexity index is 536. The van der Waals surface area contributed by atoms with Gasteiger partial charge in [-0.25, -0.2) is 9.59 Å². The Kier molecular flexibility index (Phi) is 4.24. The summed E-state index contributed by atoms with van der Waals surface area (Å²) in [5.41, 5.74) is 2.20. The van der Waals surface area contributed by atoms with Crippen LogP contribution in [0.4, 0.5) is 10.5 Å². The summed E-state index contributed by atoms with van der Waals surface area (Å²) in [7, 11) is 0. The molecule has 2 amide bonds. The van der Waals surface area contributed by atoms with Gasteiger partial charge in [-0.3, -0.25) is 0 Å². The third kappa shape index (κ3) is 3.27. The summed E-state index contributed by atoms with van der Waals surface area (Å²) >= 11 is 0. The van der Waals surface area contributed by atoms with Gasteiger partial charge in [0.1, 0.15) is 0 Å². The number of nitrogens with one attached hydrogen (secondary N) is 2. The first-order valence-electron chi connectivity index (χ1n) is 6.47. The molecule has 1 unspecified atom stereocenters. The van der Waals surface area contributed by atoms with E-state index >= 15 is 0 Å². The smallest absolute Gasteiger partial charge is 0.336 e. The van der Waals surface area contributed by atoms with E-state index in [-0.39, 0.29) is 17.6 Å². The van der Waals surface area contributed by atoms with Crippen molar-refractivity contribution in [1.29, 1.82) is 0 Å². The highest BCUT2D eigenvalue weighted by atomic mass is 16.5. The maximum atomic E-state index is 11.8. The fourth-order valence-corrected chi connectivity index (χ4v) is 2.15. The van der Waals surface area contributed by atoms with Crippen LogP contribution in [-0.4, -0.2) is 36.4 Å². The number of aryl methyl sites for hydroxylation is 1. The first-order chi connectivity index (χ1) is 9.47. The fourth-order valence-electron chi connectivity index (χ4n) is 2.15. The quantitative estimate of drug-likeness (QED) is 0.788. The number of benzene rings is 1. The van der Waals surface area contributed by atoms with Crippen LogP contribution in [0.15, 0.2) is 12.1 Å². The Hall–Kier alpha value is -2.08. The Morgan fingerprint density at radius 1 is 1.35 bits per heavy atom. The molecule has 1 aromatic rings. The van der Waals surface area contributed by atoms with E-state index in [1.165, 1.54) is 6.07 Å². The van der Waals surface area contributed by atoms with Crippen LogP contribution in [0.25, 0.3) is 0 Å². The molecule has 0 bridgehead atoms. The van der Waals surface area contributed by atoms with Gasteiger partial charge in [0.15, 0.2) is 0 Å². The van der Waals surface area contributed by atoms with E-state index in [9.17, 15) is 9.59 Å². The predicted octanol–water partition coefficient (Wildman–Crippen LogP) is 1.91. The van der Waals surface area contributed by atoms with E-state index in [4.69, 9.17) is 9.84 Å². The van der Waals surface area contributed by atoms with Crippen molar-refractivity contribution in [2.45, 2.75) is 26.3 Å². The molecule has 0 spiro atoms. The summed E-state index contributed by atoms with van der Waals surface area (Å²) in [6.45, 7) is 4.73. The third-order valence-electron chi connectivity index (χ3n) is 3.42. The maximum absolute atomic E-state index is 11.8. The number of carboxylic acid groups (broad SMARTS) is 1. The standard InChI is InChI=1S/C14H18N2O4/c1-8-5-11(6-12(9(8)2)13(17)18)16-14(19)15-10-3-4-20-7-10/h5-6,10H,3-4,7H2,1-2H3,(H,17,18)(H2,15,16,19). The zero-order chi connectivity index (χ0) is 14.7. The Morgan fingerprint density at radius 3 is 2.70 bits per heavy atom. The number of carbonyl (C=O) groups is 2. The monoisotopic (exact) mass is 278 g/mol. The minimum Gasteiger partial charge on any atom is -0.478 e. The molecule has 1 atom stereocenters. The van der Waals surface area contributed by atoms with Crippen molar-refractivity contribution in [3.05, 3.63) is 28.8 Å². The second-order valence-corrected chi connectivity index (χ2v) is 4.93. The van der Waals surface area contributed by atoms with Crippen molar-refractivity contribution in [2.24, 2.45) is 0 Å².